The summed E-state index contributed by atoms with van der Waals surface area (Å²) in [6.07, 6.45) is -3.04. The molecule has 3 rings (SSSR count). The molecule has 0 bridgehead atoms. The molecule has 29 heavy (non-hydrogen) atoms. The van der Waals surface area contributed by atoms with Crippen LogP contribution in [0, 0.1) is 0 Å². The van der Waals surface area contributed by atoms with E-state index in [-0.39, 0.29) is 11.3 Å². The number of carbonyl (C=O) groups is 2. The summed E-state index contributed by atoms with van der Waals surface area (Å²) in [6, 6.07) is 14.1. The topological polar surface area (TPSA) is 71.1 Å². The maximum atomic E-state index is 12.6. The van der Waals surface area contributed by atoms with Crippen LogP contribution >= 0.6 is 0 Å². The van der Waals surface area contributed by atoms with Crippen molar-refractivity contribution in [1.29, 1.82) is 0 Å². The highest BCUT2D eigenvalue weighted by atomic mass is 19.4. The Morgan fingerprint density at radius 3 is 2.21 bits per heavy atom. The van der Waals surface area contributed by atoms with Crippen molar-refractivity contribution < 1.29 is 22.8 Å². The van der Waals surface area contributed by atoms with Crippen LogP contribution in [0.15, 0.2) is 66.9 Å². The normalized spacial score (nSPS) is 11.0. The van der Waals surface area contributed by atoms with E-state index < -0.39 is 17.6 Å². The van der Waals surface area contributed by atoms with Crippen molar-refractivity contribution in [2.75, 3.05) is 10.6 Å². The van der Waals surface area contributed by atoms with Gasteiger partial charge in [-0.25, -0.2) is 4.98 Å². The zero-order valence-corrected chi connectivity index (χ0v) is 15.2. The molecule has 5 nitrogen and oxygen atoms in total. The highest BCUT2D eigenvalue weighted by Crippen LogP contribution is 2.29. The van der Waals surface area contributed by atoms with E-state index >= 15 is 0 Å². The van der Waals surface area contributed by atoms with Crippen LogP contribution in [0.2, 0.25) is 0 Å². The Balaban J connectivity index is 1.65. The number of benzene rings is 2. The predicted molar refractivity (Wildman–Crippen MR) is 103 cm³/mol. The number of ketones is 1. The first kappa shape index (κ1) is 20.1. The molecule has 3 aromatic rings. The number of nitrogens with one attached hydrogen (secondary N) is 2. The number of aromatic nitrogens is 1. The fraction of sp³-hybridized carbons (Fsp3) is 0.0952. The molecule has 1 amide bonds. The zero-order valence-electron chi connectivity index (χ0n) is 15.2. The highest BCUT2D eigenvalue weighted by Gasteiger charge is 2.30. The number of alkyl halides is 3. The van der Waals surface area contributed by atoms with Crippen molar-refractivity contribution in [2.24, 2.45) is 0 Å². The minimum atomic E-state index is -4.45. The van der Waals surface area contributed by atoms with Crippen molar-refractivity contribution in [3.63, 3.8) is 0 Å². The fourth-order valence-corrected chi connectivity index (χ4v) is 2.52. The molecule has 0 radical (unpaired) electrons. The average Bonchev–Trinajstić information content (AvgIpc) is 2.69. The van der Waals surface area contributed by atoms with Crippen LogP contribution in [0.5, 0.6) is 0 Å². The summed E-state index contributed by atoms with van der Waals surface area (Å²) in [6.45, 7) is 1.48. The Bertz CT molecular complexity index is 1030. The van der Waals surface area contributed by atoms with Crippen LogP contribution in [-0.4, -0.2) is 16.7 Å². The minimum Gasteiger partial charge on any atom is -0.340 e. The Morgan fingerprint density at radius 1 is 0.897 bits per heavy atom. The van der Waals surface area contributed by atoms with Crippen molar-refractivity contribution in [2.45, 2.75) is 13.1 Å². The number of hydrogen-bond donors (Lipinski definition) is 2. The first-order chi connectivity index (χ1) is 13.7. The number of pyridine rings is 1. The van der Waals surface area contributed by atoms with Gasteiger partial charge in [-0.15, -0.1) is 0 Å². The van der Waals surface area contributed by atoms with Gasteiger partial charge in [0.05, 0.1) is 17.4 Å². The Kier molecular flexibility index (Phi) is 5.63. The summed E-state index contributed by atoms with van der Waals surface area (Å²) < 4.78 is 37.8. The molecule has 0 aliphatic heterocycles. The van der Waals surface area contributed by atoms with E-state index in [1.165, 1.54) is 13.1 Å². The molecule has 8 heteroatoms. The van der Waals surface area contributed by atoms with E-state index in [4.69, 9.17) is 0 Å². The number of carbonyl (C=O) groups excluding carboxylic acids is 2. The second kappa shape index (κ2) is 8.14. The SMILES string of the molecule is CC(=O)c1cccc(Nc2ccc(NC(=O)c3ccc(C(F)(F)F)cc3)cn2)c1. The minimum absolute atomic E-state index is 0.0528. The lowest BCUT2D eigenvalue weighted by molar-refractivity contribution is -0.137. The zero-order chi connectivity index (χ0) is 21.0. The van der Waals surface area contributed by atoms with Crippen LogP contribution in [0.25, 0.3) is 0 Å². The van der Waals surface area contributed by atoms with Crippen molar-refractivity contribution in [3.8, 4) is 0 Å². The van der Waals surface area contributed by atoms with Gasteiger partial charge in [-0.05, 0) is 55.5 Å². The number of halogens is 3. The van der Waals surface area contributed by atoms with Crippen molar-refractivity contribution in [3.05, 3.63) is 83.6 Å². The van der Waals surface area contributed by atoms with Crippen LogP contribution in [-0.2, 0) is 6.18 Å². The number of rotatable bonds is 5. The maximum absolute atomic E-state index is 12.6. The molecule has 0 atom stereocenters. The van der Waals surface area contributed by atoms with Gasteiger partial charge in [0.25, 0.3) is 5.91 Å². The van der Waals surface area contributed by atoms with Crippen LogP contribution < -0.4 is 10.6 Å². The first-order valence-electron chi connectivity index (χ1n) is 8.55. The van der Waals surface area contributed by atoms with Gasteiger partial charge in [-0.3, -0.25) is 9.59 Å². The van der Waals surface area contributed by atoms with E-state index in [2.05, 4.69) is 15.6 Å². The number of nitrogens with zero attached hydrogens (tertiary/aromatic N) is 1. The molecule has 148 valence electrons. The molecular weight excluding hydrogens is 383 g/mol. The molecule has 0 saturated heterocycles. The van der Waals surface area contributed by atoms with Gasteiger partial charge in [0.1, 0.15) is 5.82 Å². The van der Waals surface area contributed by atoms with Crippen molar-refractivity contribution >= 4 is 28.9 Å². The molecule has 1 aromatic heterocycles. The van der Waals surface area contributed by atoms with E-state index in [1.807, 2.05) is 0 Å². The molecule has 2 N–H and O–H groups in total. The second-order valence-corrected chi connectivity index (χ2v) is 6.22. The lowest BCUT2D eigenvalue weighted by Crippen LogP contribution is -2.13. The Labute approximate surface area is 164 Å². The summed E-state index contributed by atoms with van der Waals surface area (Å²) in [4.78, 5) is 27.8. The molecule has 2 aromatic carbocycles. The molecule has 0 unspecified atom stereocenters. The van der Waals surface area contributed by atoms with Gasteiger partial charge in [-0.1, -0.05) is 12.1 Å². The maximum Gasteiger partial charge on any atom is 0.416 e. The smallest absolute Gasteiger partial charge is 0.340 e. The Hall–Kier alpha value is -3.68. The molecule has 1 heterocycles. The van der Waals surface area contributed by atoms with Gasteiger partial charge in [-0.2, -0.15) is 13.2 Å². The van der Waals surface area contributed by atoms with E-state index in [0.717, 1.165) is 24.3 Å². The third-order valence-electron chi connectivity index (χ3n) is 4.04. The van der Waals surface area contributed by atoms with Gasteiger partial charge in [0.2, 0.25) is 0 Å². The molecule has 0 aliphatic rings. The number of Topliss-reactive ketones (excluding diaryl/α,β-unsaturated/α-hetero) is 1. The van der Waals surface area contributed by atoms with Gasteiger partial charge >= 0.3 is 6.18 Å². The van der Waals surface area contributed by atoms with Crippen LogP contribution in [0.4, 0.5) is 30.4 Å². The summed E-state index contributed by atoms with van der Waals surface area (Å²) in [5.41, 5.74) is 0.918. The lowest BCUT2D eigenvalue weighted by atomic mass is 10.1. The van der Waals surface area contributed by atoms with E-state index in [9.17, 15) is 22.8 Å². The number of hydrogen-bond acceptors (Lipinski definition) is 4. The van der Waals surface area contributed by atoms with Crippen molar-refractivity contribution in [1.82, 2.24) is 4.98 Å². The summed E-state index contributed by atoms with van der Waals surface area (Å²) in [5.74, 6) is -0.100. The highest BCUT2D eigenvalue weighted by molar-refractivity contribution is 6.04. The summed E-state index contributed by atoms with van der Waals surface area (Å²) in [5, 5.41) is 5.63. The first-order valence-corrected chi connectivity index (χ1v) is 8.55. The van der Waals surface area contributed by atoms with Gasteiger partial charge < -0.3 is 10.6 Å². The largest absolute Gasteiger partial charge is 0.416 e. The third kappa shape index (κ3) is 5.19. The van der Waals surface area contributed by atoms with E-state index in [1.54, 1.807) is 36.4 Å². The number of amides is 1. The summed E-state index contributed by atoms with van der Waals surface area (Å²) >= 11 is 0. The number of anilines is 3. The van der Waals surface area contributed by atoms with Crippen LogP contribution in [0.3, 0.4) is 0 Å². The molecule has 0 fully saturated rings. The standard InChI is InChI=1S/C21H16F3N3O2/c1-13(28)15-3-2-4-17(11-15)26-19-10-9-18(12-25-19)27-20(29)14-5-7-16(8-6-14)21(22,23)24/h2-12H,1H3,(H,25,26)(H,27,29). The average molecular weight is 399 g/mol. The third-order valence-corrected chi connectivity index (χ3v) is 4.04. The predicted octanol–water partition coefficient (Wildman–Crippen LogP) is 5.30. The molecular formula is C21H16F3N3O2. The second-order valence-electron chi connectivity index (χ2n) is 6.22. The molecule has 0 aliphatic carbocycles. The lowest BCUT2D eigenvalue weighted by Gasteiger charge is -2.10. The Morgan fingerprint density at radius 2 is 1.62 bits per heavy atom. The van der Waals surface area contributed by atoms with Crippen LogP contribution in [0.1, 0.15) is 33.2 Å². The summed E-state index contributed by atoms with van der Waals surface area (Å²) in [7, 11) is 0. The quantitative estimate of drug-likeness (QED) is 0.571. The fourth-order valence-electron chi connectivity index (χ4n) is 2.52. The molecule has 0 spiro atoms. The molecule has 0 saturated carbocycles. The van der Waals surface area contributed by atoms with Gasteiger partial charge in [0, 0.05) is 16.8 Å². The van der Waals surface area contributed by atoms with Gasteiger partial charge in [0.15, 0.2) is 5.78 Å². The monoisotopic (exact) mass is 399 g/mol. The van der Waals surface area contributed by atoms with E-state index in [0.29, 0.717) is 22.8 Å².